The summed E-state index contributed by atoms with van der Waals surface area (Å²) in [4.78, 5) is 55.2. The third-order valence-corrected chi connectivity index (χ3v) is 9.55. The minimum absolute atomic E-state index is 0.117. The van der Waals surface area contributed by atoms with Crippen molar-refractivity contribution in [1.82, 2.24) is 4.98 Å². The van der Waals surface area contributed by atoms with Crippen molar-refractivity contribution in [2.24, 2.45) is 15.0 Å². The largest absolute Gasteiger partial charge is 0.512 e. The van der Waals surface area contributed by atoms with Gasteiger partial charge in [-0.1, -0.05) is 0 Å². The fourth-order valence-electron chi connectivity index (χ4n) is 7.12. The van der Waals surface area contributed by atoms with Gasteiger partial charge in [-0.05, 0) is 114 Å². The molecule has 0 aliphatic carbocycles. The maximum Gasteiger partial charge on any atom is 0.303 e. The Morgan fingerprint density at radius 1 is 0.720 bits per heavy atom. The number of carbonyl (C=O) groups is 3. The molecule has 0 aromatic carbocycles. The topological polar surface area (TPSA) is 205 Å². The van der Waals surface area contributed by atoms with Gasteiger partial charge in [-0.15, -0.1) is 0 Å². The molecule has 4 aliphatic heterocycles. The van der Waals surface area contributed by atoms with Crippen LogP contribution in [-0.2, 0) is 20.8 Å². The Morgan fingerprint density at radius 3 is 1.84 bits per heavy atom. The molecule has 5 rings (SSSR count). The fourth-order valence-corrected chi connectivity index (χ4v) is 7.12. The third kappa shape index (κ3) is 6.32. The number of carboxylic acids is 2. The number of nitrogens with one attached hydrogen (secondary N) is 1. The van der Waals surface area contributed by atoms with Crippen LogP contribution < -0.4 is 0 Å². The summed E-state index contributed by atoms with van der Waals surface area (Å²) in [7, 11) is 0. The lowest BCUT2D eigenvalue weighted by atomic mass is 9.88. The third-order valence-electron chi connectivity index (χ3n) is 9.55. The van der Waals surface area contributed by atoms with E-state index in [1.807, 2.05) is 6.92 Å². The molecular formula is C38H42N4O8. The van der Waals surface area contributed by atoms with Crippen LogP contribution in [0, 0.1) is 6.92 Å². The van der Waals surface area contributed by atoms with E-state index in [4.69, 9.17) is 15.0 Å². The number of ketones is 1. The molecule has 262 valence electrons. The molecule has 12 heteroatoms. The molecule has 4 aliphatic rings. The number of H-pyrrole nitrogens is 1. The zero-order valence-electron chi connectivity index (χ0n) is 29.4. The minimum Gasteiger partial charge on any atom is -0.512 e. The molecule has 2 atom stereocenters. The van der Waals surface area contributed by atoms with Gasteiger partial charge in [0, 0.05) is 35.4 Å². The van der Waals surface area contributed by atoms with Gasteiger partial charge in [0.2, 0.25) is 0 Å². The molecule has 0 radical (unpaired) electrons. The van der Waals surface area contributed by atoms with Gasteiger partial charge in [-0.3, -0.25) is 14.4 Å². The molecule has 8 bridgehead atoms. The van der Waals surface area contributed by atoms with Crippen LogP contribution in [0.25, 0.3) is 12.2 Å². The van der Waals surface area contributed by atoms with E-state index in [1.165, 1.54) is 13.8 Å². The van der Waals surface area contributed by atoms with E-state index in [2.05, 4.69) is 4.98 Å². The number of carbonyl (C=O) groups excluding carboxylic acids is 1. The SMILES string of the molecule is CC(=O)C1=C2N=C(C(=C(C)O)C3=NC(=Cc4[nH]c(c(C)c4CCC(=O)O)C=C4N=C1C(C(C)O)=C4C)C(CCC(=O)O)=C3C)C(C(C)O)=C2C. The van der Waals surface area contributed by atoms with Crippen molar-refractivity contribution >= 4 is 47.0 Å². The van der Waals surface area contributed by atoms with Gasteiger partial charge in [-0.25, -0.2) is 15.0 Å². The van der Waals surface area contributed by atoms with Gasteiger partial charge in [0.15, 0.2) is 5.78 Å². The predicted molar refractivity (Wildman–Crippen MR) is 191 cm³/mol. The molecule has 6 N–H and O–H groups in total. The van der Waals surface area contributed by atoms with Crippen molar-refractivity contribution in [3.05, 3.63) is 89.9 Å². The molecular weight excluding hydrogens is 640 g/mol. The van der Waals surface area contributed by atoms with Gasteiger partial charge >= 0.3 is 11.9 Å². The number of aromatic nitrogens is 1. The van der Waals surface area contributed by atoms with Gasteiger partial charge in [-0.2, -0.15) is 0 Å². The molecule has 12 nitrogen and oxygen atoms in total. The number of aromatic amines is 1. The summed E-state index contributed by atoms with van der Waals surface area (Å²) in [6.45, 7) is 13.2. The van der Waals surface area contributed by atoms with Crippen LogP contribution in [-0.4, -0.2) is 77.6 Å². The monoisotopic (exact) mass is 682 g/mol. The number of allylic oxidation sites excluding steroid dienone is 7. The van der Waals surface area contributed by atoms with Crippen molar-refractivity contribution in [2.45, 2.75) is 93.3 Å². The number of rotatable bonds is 9. The molecule has 1 aromatic heterocycles. The van der Waals surface area contributed by atoms with Crippen LogP contribution in [0.3, 0.4) is 0 Å². The first kappa shape index (κ1) is 36.1. The Morgan fingerprint density at radius 2 is 1.28 bits per heavy atom. The zero-order chi connectivity index (χ0) is 36.9. The molecule has 0 saturated carbocycles. The number of hydrogen-bond donors (Lipinski definition) is 6. The zero-order valence-corrected chi connectivity index (χ0v) is 29.4. The number of nitrogens with zero attached hydrogens (tertiary/aromatic N) is 3. The summed E-state index contributed by atoms with van der Waals surface area (Å²) in [5, 5.41) is 52.6. The number of fused-ring (bicyclic) bond motifs is 5. The average molecular weight is 683 g/mol. The second-order valence-electron chi connectivity index (χ2n) is 13.1. The summed E-state index contributed by atoms with van der Waals surface area (Å²) >= 11 is 0. The summed E-state index contributed by atoms with van der Waals surface area (Å²) in [6, 6.07) is 0. The van der Waals surface area contributed by atoms with E-state index in [-0.39, 0.29) is 65.5 Å². The smallest absolute Gasteiger partial charge is 0.303 e. The lowest BCUT2D eigenvalue weighted by Gasteiger charge is -2.16. The molecule has 0 fully saturated rings. The highest BCUT2D eigenvalue weighted by atomic mass is 16.4. The lowest BCUT2D eigenvalue weighted by Crippen LogP contribution is -2.22. The van der Waals surface area contributed by atoms with E-state index in [0.717, 1.165) is 5.56 Å². The normalized spacial score (nSPS) is 19.8. The second kappa shape index (κ2) is 13.6. The van der Waals surface area contributed by atoms with Gasteiger partial charge < -0.3 is 30.5 Å². The number of carboxylic acid groups (broad SMARTS) is 2. The molecule has 1 aromatic rings. The Hall–Kier alpha value is -5.20. The summed E-state index contributed by atoms with van der Waals surface area (Å²) in [6.07, 6.45) is 1.41. The number of aliphatic hydroxyl groups is 3. The van der Waals surface area contributed by atoms with Gasteiger partial charge in [0.1, 0.15) is 5.76 Å². The maximum absolute atomic E-state index is 13.6. The van der Waals surface area contributed by atoms with Crippen LogP contribution in [0.4, 0.5) is 0 Å². The number of aliphatic imine (C=N–C) groups is 3. The first-order valence-corrected chi connectivity index (χ1v) is 16.4. The van der Waals surface area contributed by atoms with E-state index < -0.39 is 24.1 Å². The Kier molecular flexibility index (Phi) is 9.82. The summed E-state index contributed by atoms with van der Waals surface area (Å²) in [5.41, 5.74) is 8.01. The first-order chi connectivity index (χ1) is 23.4. The van der Waals surface area contributed by atoms with Crippen molar-refractivity contribution in [2.75, 3.05) is 0 Å². The standard InChI is InChI=1S/C38H42N4O8/c1-15-23(9-11-29(47)48)27-14-28-24(10-12-30(49)50)16(2)35(41-28)33(21(7)45)38-32(20(6)44)18(4)36(42-38)34(22(8)46)37-31(19(5)43)17(3)26(40-37)13-25(15)39-27/h13-14,19-20,39,43-45H,9-12H2,1-8H3,(H,47,48)(H,49,50). The Bertz CT molecular complexity index is 2080. The maximum atomic E-state index is 13.6. The van der Waals surface area contributed by atoms with Crippen LogP contribution in [0.2, 0.25) is 0 Å². The van der Waals surface area contributed by atoms with Crippen molar-refractivity contribution in [3.63, 3.8) is 0 Å². The van der Waals surface area contributed by atoms with Crippen molar-refractivity contribution in [3.8, 4) is 0 Å². The second-order valence-corrected chi connectivity index (χ2v) is 13.1. The van der Waals surface area contributed by atoms with Crippen LogP contribution in [0.15, 0.2) is 82.4 Å². The molecule has 50 heavy (non-hydrogen) atoms. The van der Waals surface area contributed by atoms with Gasteiger partial charge in [0.05, 0.1) is 57.6 Å². The first-order valence-electron chi connectivity index (χ1n) is 16.4. The van der Waals surface area contributed by atoms with E-state index in [1.54, 1.807) is 46.8 Å². The highest BCUT2D eigenvalue weighted by molar-refractivity contribution is 6.38. The summed E-state index contributed by atoms with van der Waals surface area (Å²) in [5.74, 6) is -2.52. The molecule has 0 spiro atoms. The lowest BCUT2D eigenvalue weighted by molar-refractivity contribution is -0.138. The number of aliphatic carboxylic acids is 2. The minimum atomic E-state index is -1.09. The number of aliphatic hydroxyl groups excluding tert-OH is 3. The van der Waals surface area contributed by atoms with E-state index in [9.17, 15) is 39.9 Å². The molecule has 0 amide bonds. The van der Waals surface area contributed by atoms with Crippen LogP contribution >= 0.6 is 0 Å². The van der Waals surface area contributed by atoms with Crippen LogP contribution in [0.5, 0.6) is 0 Å². The highest BCUT2D eigenvalue weighted by Gasteiger charge is 2.38. The molecule has 5 heterocycles. The number of Topliss-reactive ketones (excluding diaryl/α,β-unsaturated/α-hetero) is 1. The highest BCUT2D eigenvalue weighted by Crippen LogP contribution is 2.42. The molecule has 0 saturated heterocycles. The van der Waals surface area contributed by atoms with Gasteiger partial charge in [0.25, 0.3) is 0 Å². The quantitative estimate of drug-likeness (QED) is 0.179. The van der Waals surface area contributed by atoms with Crippen molar-refractivity contribution in [1.29, 1.82) is 0 Å². The van der Waals surface area contributed by atoms with Crippen LogP contribution in [0.1, 0.15) is 90.2 Å². The summed E-state index contributed by atoms with van der Waals surface area (Å²) < 4.78 is 0. The fraction of sp³-hybridized carbons (Fsp3) is 0.368. The average Bonchev–Trinajstić information content (AvgIpc) is 3.69. The van der Waals surface area contributed by atoms with E-state index >= 15 is 0 Å². The predicted octanol–water partition coefficient (Wildman–Crippen LogP) is 5.65. The number of hydrogen-bond acceptors (Lipinski definition) is 9. The van der Waals surface area contributed by atoms with E-state index in [0.29, 0.717) is 67.5 Å². The Labute approximate surface area is 289 Å². The Balaban J connectivity index is 1.97. The van der Waals surface area contributed by atoms with Crippen molar-refractivity contribution < 1.29 is 39.9 Å². The molecule has 2 unspecified atom stereocenters.